The van der Waals surface area contributed by atoms with Crippen LogP contribution in [0.15, 0.2) is 29.3 Å². The van der Waals surface area contributed by atoms with Crippen LogP contribution in [0.3, 0.4) is 0 Å². The molecule has 2 aliphatic rings. The highest BCUT2D eigenvalue weighted by Crippen LogP contribution is 2.24. The predicted molar refractivity (Wildman–Crippen MR) is 103 cm³/mol. The lowest BCUT2D eigenvalue weighted by Crippen LogP contribution is -2.55. The zero-order valence-corrected chi connectivity index (χ0v) is 15.9. The highest BCUT2D eigenvalue weighted by Gasteiger charge is 2.29. The summed E-state index contributed by atoms with van der Waals surface area (Å²) >= 11 is 0. The van der Waals surface area contributed by atoms with Crippen LogP contribution in [-0.4, -0.2) is 42.6 Å². The molecule has 0 spiro atoms. The summed E-state index contributed by atoms with van der Waals surface area (Å²) in [5, 5.41) is 6.81. The molecule has 1 aromatic rings. The Morgan fingerprint density at radius 1 is 1.27 bits per heavy atom. The molecule has 22 heavy (non-hydrogen) atoms. The van der Waals surface area contributed by atoms with Gasteiger partial charge in [-0.05, 0) is 37.8 Å². The van der Waals surface area contributed by atoms with Gasteiger partial charge in [0, 0.05) is 38.3 Å². The van der Waals surface area contributed by atoms with E-state index in [4.69, 9.17) is 0 Å². The number of rotatable bonds is 3. The molecule has 1 aromatic carbocycles. The minimum Gasteiger partial charge on any atom is -0.356 e. The SMILES string of the molecule is CC(C)(CNC1=NCCCN1)N1CCc2ccccc2C1.I. The molecule has 0 saturated carbocycles. The van der Waals surface area contributed by atoms with Crippen LogP contribution in [0, 0.1) is 0 Å². The Hall–Kier alpha value is -0.820. The number of hydrogen-bond acceptors (Lipinski definition) is 4. The summed E-state index contributed by atoms with van der Waals surface area (Å²) in [6.07, 6.45) is 2.29. The summed E-state index contributed by atoms with van der Waals surface area (Å²) in [5.41, 5.74) is 3.11. The molecule has 2 heterocycles. The van der Waals surface area contributed by atoms with Gasteiger partial charge in [0.15, 0.2) is 5.96 Å². The number of fused-ring (bicyclic) bond motifs is 1. The van der Waals surface area contributed by atoms with E-state index in [-0.39, 0.29) is 29.5 Å². The van der Waals surface area contributed by atoms with Crippen molar-refractivity contribution in [2.24, 2.45) is 4.99 Å². The summed E-state index contributed by atoms with van der Waals surface area (Å²) in [5.74, 6) is 0.965. The molecule has 0 atom stereocenters. The van der Waals surface area contributed by atoms with E-state index in [1.807, 2.05) is 0 Å². The minimum atomic E-state index is 0. The minimum absolute atomic E-state index is 0. The van der Waals surface area contributed by atoms with Gasteiger partial charge in [0.05, 0.1) is 0 Å². The maximum absolute atomic E-state index is 4.49. The van der Waals surface area contributed by atoms with Gasteiger partial charge in [-0.25, -0.2) is 0 Å². The molecule has 0 fully saturated rings. The van der Waals surface area contributed by atoms with Crippen molar-refractivity contribution in [1.82, 2.24) is 15.5 Å². The van der Waals surface area contributed by atoms with E-state index in [2.05, 4.69) is 58.6 Å². The number of benzene rings is 1. The molecule has 0 amide bonds. The summed E-state index contributed by atoms with van der Waals surface area (Å²) in [4.78, 5) is 7.06. The molecule has 3 rings (SSSR count). The van der Waals surface area contributed by atoms with Crippen molar-refractivity contribution >= 4 is 29.9 Å². The van der Waals surface area contributed by atoms with Gasteiger partial charge in [-0.15, -0.1) is 24.0 Å². The first-order chi connectivity index (χ1) is 10.1. The summed E-state index contributed by atoms with van der Waals surface area (Å²) < 4.78 is 0. The topological polar surface area (TPSA) is 39.7 Å². The van der Waals surface area contributed by atoms with Gasteiger partial charge in [0.2, 0.25) is 0 Å². The smallest absolute Gasteiger partial charge is 0.191 e. The van der Waals surface area contributed by atoms with Crippen LogP contribution >= 0.6 is 24.0 Å². The molecule has 0 aromatic heterocycles. The first kappa shape index (κ1) is 17.5. The zero-order valence-electron chi connectivity index (χ0n) is 13.6. The standard InChI is InChI=1S/C17H26N4.HI/c1-17(2,13-20-16-18-9-5-10-19-16)21-11-8-14-6-3-4-7-15(14)12-21;/h3-4,6-7H,5,8-13H2,1-2H3,(H2,18,19,20);1H. The molecular weight excluding hydrogens is 387 g/mol. The molecule has 2 aliphatic heterocycles. The van der Waals surface area contributed by atoms with Gasteiger partial charge in [-0.3, -0.25) is 9.89 Å². The lowest BCUT2D eigenvalue weighted by atomic mass is 9.94. The van der Waals surface area contributed by atoms with Crippen molar-refractivity contribution in [1.29, 1.82) is 0 Å². The Morgan fingerprint density at radius 2 is 2.05 bits per heavy atom. The van der Waals surface area contributed by atoms with Crippen LogP contribution in [0.4, 0.5) is 0 Å². The summed E-state index contributed by atoms with van der Waals surface area (Å²) in [6.45, 7) is 9.70. The van der Waals surface area contributed by atoms with Gasteiger partial charge in [0.25, 0.3) is 0 Å². The third-order valence-corrected chi connectivity index (χ3v) is 4.57. The van der Waals surface area contributed by atoms with Crippen LogP contribution in [0.25, 0.3) is 0 Å². The third-order valence-electron chi connectivity index (χ3n) is 4.57. The van der Waals surface area contributed by atoms with Crippen molar-refractivity contribution in [2.45, 2.75) is 38.8 Å². The van der Waals surface area contributed by atoms with E-state index in [1.165, 1.54) is 11.1 Å². The Balaban J connectivity index is 0.00000176. The fourth-order valence-corrected chi connectivity index (χ4v) is 3.08. The lowest BCUT2D eigenvalue weighted by Gasteiger charge is -2.42. The number of guanidine groups is 1. The third kappa shape index (κ3) is 4.13. The molecule has 0 unspecified atom stereocenters. The molecule has 2 N–H and O–H groups in total. The maximum Gasteiger partial charge on any atom is 0.191 e. The van der Waals surface area contributed by atoms with Crippen molar-refractivity contribution in [3.63, 3.8) is 0 Å². The molecule has 0 aliphatic carbocycles. The average molecular weight is 414 g/mol. The molecule has 5 heteroatoms. The van der Waals surface area contributed by atoms with Crippen molar-refractivity contribution in [2.75, 3.05) is 26.2 Å². The van der Waals surface area contributed by atoms with E-state index in [0.717, 1.165) is 51.5 Å². The van der Waals surface area contributed by atoms with Gasteiger partial charge >= 0.3 is 0 Å². The number of hydrogen-bond donors (Lipinski definition) is 2. The Labute approximate surface area is 150 Å². The highest BCUT2D eigenvalue weighted by molar-refractivity contribution is 14.0. The van der Waals surface area contributed by atoms with E-state index in [9.17, 15) is 0 Å². The van der Waals surface area contributed by atoms with Crippen LogP contribution in [-0.2, 0) is 13.0 Å². The second-order valence-corrected chi connectivity index (χ2v) is 6.62. The van der Waals surface area contributed by atoms with Crippen LogP contribution < -0.4 is 10.6 Å². The lowest BCUT2D eigenvalue weighted by molar-refractivity contribution is 0.107. The van der Waals surface area contributed by atoms with E-state index >= 15 is 0 Å². The normalized spacial score (nSPS) is 18.5. The fraction of sp³-hybridized carbons (Fsp3) is 0.588. The van der Waals surface area contributed by atoms with Gasteiger partial charge in [0.1, 0.15) is 0 Å². The van der Waals surface area contributed by atoms with Crippen LogP contribution in [0.5, 0.6) is 0 Å². The average Bonchev–Trinajstić information content (AvgIpc) is 2.53. The largest absolute Gasteiger partial charge is 0.356 e. The second-order valence-electron chi connectivity index (χ2n) is 6.62. The molecule has 0 bridgehead atoms. The number of nitrogens with zero attached hydrogens (tertiary/aromatic N) is 2. The van der Waals surface area contributed by atoms with Crippen molar-refractivity contribution in [3.8, 4) is 0 Å². The van der Waals surface area contributed by atoms with Crippen molar-refractivity contribution < 1.29 is 0 Å². The zero-order chi connectivity index (χ0) is 14.7. The number of nitrogens with one attached hydrogen (secondary N) is 2. The predicted octanol–water partition coefficient (Wildman–Crippen LogP) is 2.38. The van der Waals surface area contributed by atoms with Crippen LogP contribution in [0.2, 0.25) is 0 Å². The van der Waals surface area contributed by atoms with E-state index < -0.39 is 0 Å². The van der Waals surface area contributed by atoms with Gasteiger partial charge < -0.3 is 10.6 Å². The van der Waals surface area contributed by atoms with E-state index in [1.54, 1.807) is 0 Å². The monoisotopic (exact) mass is 414 g/mol. The first-order valence-electron chi connectivity index (χ1n) is 7.99. The molecule has 0 saturated heterocycles. The number of aliphatic imine (C=N–C) groups is 1. The molecule has 0 radical (unpaired) electrons. The summed E-state index contributed by atoms with van der Waals surface area (Å²) in [6, 6.07) is 8.82. The molecule has 4 nitrogen and oxygen atoms in total. The maximum atomic E-state index is 4.49. The summed E-state index contributed by atoms with van der Waals surface area (Å²) in [7, 11) is 0. The van der Waals surface area contributed by atoms with Gasteiger partial charge in [-0.1, -0.05) is 24.3 Å². The fourth-order valence-electron chi connectivity index (χ4n) is 3.08. The first-order valence-corrected chi connectivity index (χ1v) is 7.99. The van der Waals surface area contributed by atoms with Crippen LogP contribution in [0.1, 0.15) is 31.4 Å². The number of halogens is 1. The quantitative estimate of drug-likeness (QED) is 0.747. The second kappa shape index (κ2) is 7.64. The van der Waals surface area contributed by atoms with Crippen molar-refractivity contribution in [3.05, 3.63) is 35.4 Å². The molecule has 122 valence electrons. The van der Waals surface area contributed by atoms with E-state index in [0.29, 0.717) is 0 Å². The molecular formula is C17H27IN4. The Kier molecular flexibility index (Phi) is 6.09. The Morgan fingerprint density at radius 3 is 2.77 bits per heavy atom. The highest BCUT2D eigenvalue weighted by atomic mass is 127. The van der Waals surface area contributed by atoms with Gasteiger partial charge in [-0.2, -0.15) is 0 Å². The Bertz CT molecular complexity index is 527.